The molecule has 1 heterocycles. The summed E-state index contributed by atoms with van der Waals surface area (Å²) in [5.74, 6) is -1.57. The summed E-state index contributed by atoms with van der Waals surface area (Å²) in [7, 11) is 0. The Morgan fingerprint density at radius 2 is 1.76 bits per heavy atom. The molecule has 0 bridgehead atoms. The fourth-order valence-electron chi connectivity index (χ4n) is 4.76. The average Bonchev–Trinajstić information content (AvgIpc) is 2.78. The molecule has 0 amide bonds. The maximum absolute atomic E-state index is 13.5. The third kappa shape index (κ3) is 4.31. The number of carbonyl (C=O) groups excluding carboxylic acids is 2. The zero-order valence-corrected chi connectivity index (χ0v) is 18.8. The number of rotatable bonds is 5. The van der Waals surface area contributed by atoms with Gasteiger partial charge >= 0.3 is 5.97 Å². The number of nitrogens with one attached hydrogen (secondary N) is 1. The molecule has 2 unspecified atom stereocenters. The lowest BCUT2D eigenvalue weighted by molar-refractivity contribution is -0.385. The van der Waals surface area contributed by atoms with Gasteiger partial charge in [-0.1, -0.05) is 48.5 Å². The van der Waals surface area contributed by atoms with Crippen molar-refractivity contribution in [1.29, 1.82) is 0 Å². The van der Waals surface area contributed by atoms with Crippen LogP contribution in [0.1, 0.15) is 56.6 Å². The maximum Gasteiger partial charge on any atom is 0.337 e. The molecule has 7 nitrogen and oxygen atoms in total. The minimum atomic E-state index is -0.863. The van der Waals surface area contributed by atoms with Crippen molar-refractivity contribution in [1.82, 2.24) is 5.32 Å². The standard InChI is InChI=1S/C26H26N2O5/c1-15(2)33-26(30)23-16(3)27-20-13-18(17-9-5-4-6-10-17)14-22(29)25(20)24(23)19-11-7-8-12-21(19)28(31)32/h4-12,15,18,24,27H,13-14H2,1-3H3. The number of para-hydroxylation sites is 1. The Bertz CT molecular complexity index is 1180. The van der Waals surface area contributed by atoms with Crippen LogP contribution in [0.4, 0.5) is 5.69 Å². The van der Waals surface area contributed by atoms with Gasteiger partial charge in [0.25, 0.3) is 5.69 Å². The Balaban J connectivity index is 1.86. The number of Topliss-reactive ketones (excluding diaryl/α,β-unsaturated/α-hetero) is 1. The van der Waals surface area contributed by atoms with Gasteiger partial charge in [0.2, 0.25) is 0 Å². The highest BCUT2D eigenvalue weighted by Crippen LogP contribution is 2.47. The van der Waals surface area contributed by atoms with E-state index in [9.17, 15) is 19.7 Å². The van der Waals surface area contributed by atoms with Crippen LogP contribution in [0.5, 0.6) is 0 Å². The summed E-state index contributed by atoms with van der Waals surface area (Å²) >= 11 is 0. The van der Waals surface area contributed by atoms with E-state index in [2.05, 4.69) is 5.32 Å². The summed E-state index contributed by atoms with van der Waals surface area (Å²) in [5.41, 5.74) is 3.16. The predicted octanol–water partition coefficient (Wildman–Crippen LogP) is 4.91. The van der Waals surface area contributed by atoms with Gasteiger partial charge in [-0.2, -0.15) is 0 Å². The van der Waals surface area contributed by atoms with Crippen LogP contribution in [0.3, 0.4) is 0 Å². The molecule has 4 rings (SSSR count). The van der Waals surface area contributed by atoms with Crippen molar-refractivity contribution in [2.75, 3.05) is 0 Å². The summed E-state index contributed by atoms with van der Waals surface area (Å²) < 4.78 is 5.48. The van der Waals surface area contributed by atoms with E-state index in [0.29, 0.717) is 29.0 Å². The molecule has 1 aliphatic carbocycles. The van der Waals surface area contributed by atoms with Gasteiger partial charge in [0.1, 0.15) is 0 Å². The number of esters is 1. The van der Waals surface area contributed by atoms with Gasteiger partial charge in [0.05, 0.1) is 22.5 Å². The second kappa shape index (κ2) is 9.02. The number of ether oxygens (including phenoxy) is 1. The van der Waals surface area contributed by atoms with E-state index < -0.39 is 16.8 Å². The van der Waals surface area contributed by atoms with E-state index in [1.807, 2.05) is 30.3 Å². The highest BCUT2D eigenvalue weighted by molar-refractivity contribution is 6.04. The number of nitro benzene ring substituents is 1. The lowest BCUT2D eigenvalue weighted by Crippen LogP contribution is -2.36. The highest BCUT2D eigenvalue weighted by Gasteiger charge is 2.43. The lowest BCUT2D eigenvalue weighted by atomic mass is 9.71. The number of allylic oxidation sites excluding steroid dienone is 3. The minimum Gasteiger partial charge on any atom is -0.460 e. The first-order valence-corrected chi connectivity index (χ1v) is 11.0. The molecular formula is C26H26N2O5. The number of carbonyl (C=O) groups is 2. The normalized spacial score (nSPS) is 20.4. The summed E-state index contributed by atoms with van der Waals surface area (Å²) in [6, 6.07) is 16.1. The largest absolute Gasteiger partial charge is 0.460 e. The molecule has 2 aromatic rings. The van der Waals surface area contributed by atoms with Crippen LogP contribution >= 0.6 is 0 Å². The monoisotopic (exact) mass is 446 g/mol. The fourth-order valence-corrected chi connectivity index (χ4v) is 4.76. The lowest BCUT2D eigenvalue weighted by Gasteiger charge is -2.36. The second-order valence-electron chi connectivity index (χ2n) is 8.70. The smallest absolute Gasteiger partial charge is 0.337 e. The van der Waals surface area contributed by atoms with Gasteiger partial charge in [-0.15, -0.1) is 0 Å². The molecular weight excluding hydrogens is 420 g/mol. The van der Waals surface area contributed by atoms with E-state index in [4.69, 9.17) is 4.74 Å². The van der Waals surface area contributed by atoms with Crippen LogP contribution in [0, 0.1) is 10.1 Å². The van der Waals surface area contributed by atoms with Crippen LogP contribution in [-0.4, -0.2) is 22.8 Å². The molecule has 2 aromatic carbocycles. The van der Waals surface area contributed by atoms with Crippen LogP contribution in [-0.2, 0) is 14.3 Å². The molecule has 0 saturated heterocycles. The maximum atomic E-state index is 13.5. The van der Waals surface area contributed by atoms with Crippen molar-refractivity contribution in [3.63, 3.8) is 0 Å². The van der Waals surface area contributed by atoms with Gasteiger partial charge in [0, 0.05) is 35.0 Å². The quantitative estimate of drug-likeness (QED) is 0.398. The van der Waals surface area contributed by atoms with Crippen molar-refractivity contribution in [3.8, 4) is 0 Å². The number of benzene rings is 2. The summed E-state index contributed by atoms with van der Waals surface area (Å²) in [6.07, 6.45) is 0.475. The Kier molecular flexibility index (Phi) is 6.14. The highest BCUT2D eigenvalue weighted by atomic mass is 16.6. The third-order valence-electron chi connectivity index (χ3n) is 6.11. The first-order valence-electron chi connectivity index (χ1n) is 11.0. The number of hydrogen-bond donors (Lipinski definition) is 1. The Morgan fingerprint density at radius 3 is 2.42 bits per heavy atom. The Hall–Kier alpha value is -3.74. The molecule has 170 valence electrons. The van der Waals surface area contributed by atoms with E-state index >= 15 is 0 Å². The first kappa shape index (κ1) is 22.5. The van der Waals surface area contributed by atoms with Crippen molar-refractivity contribution < 1.29 is 19.2 Å². The van der Waals surface area contributed by atoms with E-state index in [1.165, 1.54) is 6.07 Å². The third-order valence-corrected chi connectivity index (χ3v) is 6.11. The zero-order chi connectivity index (χ0) is 23.7. The molecule has 0 aromatic heterocycles. The van der Waals surface area contributed by atoms with E-state index in [0.717, 1.165) is 5.56 Å². The number of hydrogen-bond acceptors (Lipinski definition) is 6. The average molecular weight is 447 g/mol. The Labute approximate surface area is 192 Å². The molecule has 1 N–H and O–H groups in total. The summed E-state index contributed by atoms with van der Waals surface area (Å²) in [5, 5.41) is 15.1. The van der Waals surface area contributed by atoms with Crippen molar-refractivity contribution in [2.24, 2.45) is 0 Å². The molecule has 7 heteroatoms. The van der Waals surface area contributed by atoms with E-state index in [-0.39, 0.29) is 35.5 Å². The van der Waals surface area contributed by atoms with Crippen molar-refractivity contribution in [2.45, 2.75) is 51.6 Å². The molecule has 2 aliphatic rings. The SMILES string of the molecule is CC1=C(C(=O)OC(C)C)C(c2ccccc2[N+](=O)[O-])C2=C(CC(c3ccccc3)CC2=O)N1. The van der Waals surface area contributed by atoms with Gasteiger partial charge in [-0.25, -0.2) is 4.79 Å². The molecule has 33 heavy (non-hydrogen) atoms. The number of ketones is 1. The number of dihydropyridines is 1. The van der Waals surface area contributed by atoms with Crippen molar-refractivity contribution >= 4 is 17.4 Å². The van der Waals surface area contributed by atoms with Crippen LogP contribution in [0.25, 0.3) is 0 Å². The predicted molar refractivity (Wildman–Crippen MR) is 123 cm³/mol. The summed E-state index contributed by atoms with van der Waals surface area (Å²) in [6.45, 7) is 5.23. The minimum absolute atomic E-state index is 0.00618. The second-order valence-corrected chi connectivity index (χ2v) is 8.70. The molecule has 1 aliphatic heterocycles. The topological polar surface area (TPSA) is 98.5 Å². The van der Waals surface area contributed by atoms with Crippen LogP contribution < -0.4 is 5.32 Å². The molecule has 0 radical (unpaired) electrons. The zero-order valence-electron chi connectivity index (χ0n) is 18.8. The van der Waals surface area contributed by atoms with Crippen molar-refractivity contribution in [3.05, 3.63) is 98.4 Å². The molecule has 2 atom stereocenters. The van der Waals surface area contributed by atoms with Gasteiger partial charge in [-0.3, -0.25) is 14.9 Å². The number of nitro groups is 1. The van der Waals surface area contributed by atoms with Gasteiger partial charge in [0.15, 0.2) is 5.78 Å². The first-order chi connectivity index (χ1) is 15.8. The Morgan fingerprint density at radius 1 is 1.09 bits per heavy atom. The van der Waals surface area contributed by atoms with Gasteiger partial charge in [-0.05, 0) is 38.7 Å². The van der Waals surface area contributed by atoms with E-state index in [1.54, 1.807) is 39.0 Å². The summed E-state index contributed by atoms with van der Waals surface area (Å²) in [4.78, 5) is 38.0. The fraction of sp³-hybridized carbons (Fsp3) is 0.308. The van der Waals surface area contributed by atoms with Crippen LogP contribution in [0.2, 0.25) is 0 Å². The van der Waals surface area contributed by atoms with Gasteiger partial charge < -0.3 is 10.1 Å². The van der Waals surface area contributed by atoms with Crippen LogP contribution in [0.15, 0.2) is 77.1 Å². The molecule has 0 fully saturated rings. The number of nitrogens with zero attached hydrogens (tertiary/aromatic N) is 1. The molecule has 0 spiro atoms. The molecule has 0 saturated carbocycles.